The summed E-state index contributed by atoms with van der Waals surface area (Å²) in [5.74, 6) is 1.37. The molecule has 0 saturated carbocycles. The number of rotatable bonds is 3. The summed E-state index contributed by atoms with van der Waals surface area (Å²) >= 11 is 6.17. The lowest BCUT2D eigenvalue weighted by Crippen LogP contribution is -1.97. The standard InChI is InChI=1S/C14H15ClN2O2/c1-8-9(2)17-14(15)13(16-8)10-5-11(18-3)7-12(6-10)19-4/h5-7H,1-4H3. The molecule has 0 aliphatic heterocycles. The largest absolute Gasteiger partial charge is 0.497 e. The minimum Gasteiger partial charge on any atom is -0.497 e. The first-order valence-corrected chi connectivity index (χ1v) is 6.17. The molecule has 0 unspecified atom stereocenters. The average molecular weight is 279 g/mol. The van der Waals surface area contributed by atoms with Crippen molar-refractivity contribution >= 4 is 11.6 Å². The lowest BCUT2D eigenvalue weighted by Gasteiger charge is -2.10. The maximum Gasteiger partial charge on any atom is 0.155 e. The Morgan fingerprint density at radius 3 is 1.95 bits per heavy atom. The van der Waals surface area contributed by atoms with Crippen molar-refractivity contribution in [2.24, 2.45) is 0 Å². The molecular weight excluding hydrogens is 264 g/mol. The van der Waals surface area contributed by atoms with Crippen LogP contribution in [0.1, 0.15) is 11.4 Å². The Balaban J connectivity index is 2.61. The van der Waals surface area contributed by atoms with Gasteiger partial charge in [0.05, 0.1) is 25.6 Å². The van der Waals surface area contributed by atoms with Crippen LogP contribution >= 0.6 is 11.6 Å². The van der Waals surface area contributed by atoms with Gasteiger partial charge in [0.2, 0.25) is 0 Å². The molecule has 4 nitrogen and oxygen atoms in total. The summed E-state index contributed by atoms with van der Waals surface area (Å²) in [6.07, 6.45) is 0. The first-order valence-electron chi connectivity index (χ1n) is 5.79. The second kappa shape index (κ2) is 5.45. The lowest BCUT2D eigenvalue weighted by molar-refractivity contribution is 0.394. The van der Waals surface area contributed by atoms with Crippen LogP contribution in [0.15, 0.2) is 18.2 Å². The van der Waals surface area contributed by atoms with E-state index in [-0.39, 0.29) is 0 Å². The van der Waals surface area contributed by atoms with Gasteiger partial charge < -0.3 is 9.47 Å². The molecule has 0 spiro atoms. The highest BCUT2D eigenvalue weighted by atomic mass is 35.5. The molecule has 0 fully saturated rings. The van der Waals surface area contributed by atoms with Gasteiger partial charge in [0, 0.05) is 11.6 Å². The summed E-state index contributed by atoms with van der Waals surface area (Å²) < 4.78 is 10.5. The molecule has 2 aromatic rings. The van der Waals surface area contributed by atoms with Crippen molar-refractivity contribution in [3.05, 3.63) is 34.7 Å². The normalized spacial score (nSPS) is 10.4. The maximum atomic E-state index is 6.17. The Morgan fingerprint density at radius 2 is 1.42 bits per heavy atom. The summed E-state index contributed by atoms with van der Waals surface area (Å²) in [7, 11) is 3.21. The number of benzene rings is 1. The van der Waals surface area contributed by atoms with Gasteiger partial charge in [0.1, 0.15) is 17.2 Å². The number of halogens is 1. The van der Waals surface area contributed by atoms with Crippen LogP contribution in [0.4, 0.5) is 0 Å². The van der Waals surface area contributed by atoms with E-state index in [9.17, 15) is 0 Å². The minimum absolute atomic E-state index is 0.374. The molecule has 0 aliphatic carbocycles. The molecule has 19 heavy (non-hydrogen) atoms. The number of nitrogens with zero attached hydrogens (tertiary/aromatic N) is 2. The summed E-state index contributed by atoms with van der Waals surface area (Å²) in [5.41, 5.74) is 3.11. The van der Waals surface area contributed by atoms with Gasteiger partial charge in [-0.1, -0.05) is 11.6 Å². The van der Waals surface area contributed by atoms with Crippen molar-refractivity contribution in [2.75, 3.05) is 14.2 Å². The molecular formula is C14H15ClN2O2. The van der Waals surface area contributed by atoms with E-state index in [2.05, 4.69) is 9.97 Å². The van der Waals surface area contributed by atoms with Crippen LogP contribution in [-0.4, -0.2) is 24.2 Å². The monoisotopic (exact) mass is 278 g/mol. The smallest absolute Gasteiger partial charge is 0.155 e. The zero-order chi connectivity index (χ0) is 14.0. The third-order valence-electron chi connectivity index (χ3n) is 2.89. The molecule has 0 saturated heterocycles. The van der Waals surface area contributed by atoms with E-state index in [1.165, 1.54) is 0 Å². The molecule has 5 heteroatoms. The van der Waals surface area contributed by atoms with Gasteiger partial charge in [-0.2, -0.15) is 0 Å². The predicted molar refractivity (Wildman–Crippen MR) is 75.1 cm³/mol. The van der Waals surface area contributed by atoms with Crippen molar-refractivity contribution in [2.45, 2.75) is 13.8 Å². The quantitative estimate of drug-likeness (QED) is 0.863. The highest BCUT2D eigenvalue weighted by molar-refractivity contribution is 6.31. The second-order valence-corrected chi connectivity index (χ2v) is 4.49. The van der Waals surface area contributed by atoms with Crippen molar-refractivity contribution in [1.29, 1.82) is 0 Å². The second-order valence-electron chi connectivity index (χ2n) is 4.14. The number of hydrogen-bond donors (Lipinski definition) is 0. The van der Waals surface area contributed by atoms with Crippen molar-refractivity contribution < 1.29 is 9.47 Å². The molecule has 1 aromatic carbocycles. The molecule has 0 bridgehead atoms. The number of hydrogen-bond acceptors (Lipinski definition) is 4. The van der Waals surface area contributed by atoms with E-state index < -0.39 is 0 Å². The van der Waals surface area contributed by atoms with Crippen LogP contribution in [0.25, 0.3) is 11.3 Å². The van der Waals surface area contributed by atoms with Gasteiger partial charge in [0.15, 0.2) is 5.15 Å². The fraction of sp³-hybridized carbons (Fsp3) is 0.286. The molecule has 0 radical (unpaired) electrons. The van der Waals surface area contributed by atoms with Crippen molar-refractivity contribution in [1.82, 2.24) is 9.97 Å². The minimum atomic E-state index is 0.374. The first kappa shape index (κ1) is 13.6. The number of ether oxygens (including phenoxy) is 2. The molecule has 2 rings (SSSR count). The number of methoxy groups -OCH3 is 2. The third kappa shape index (κ3) is 2.79. The predicted octanol–water partition coefficient (Wildman–Crippen LogP) is 3.43. The Bertz CT molecular complexity index is 592. The zero-order valence-corrected chi connectivity index (χ0v) is 12.1. The summed E-state index contributed by atoms with van der Waals surface area (Å²) in [5, 5.41) is 0.374. The Morgan fingerprint density at radius 1 is 0.895 bits per heavy atom. The van der Waals surface area contributed by atoms with Gasteiger partial charge in [0.25, 0.3) is 0 Å². The Kier molecular flexibility index (Phi) is 3.90. The number of aromatic nitrogens is 2. The van der Waals surface area contributed by atoms with Crippen molar-refractivity contribution in [3.63, 3.8) is 0 Å². The van der Waals surface area contributed by atoms with E-state index in [0.717, 1.165) is 17.0 Å². The van der Waals surface area contributed by atoms with Gasteiger partial charge in [-0.25, -0.2) is 9.97 Å². The highest BCUT2D eigenvalue weighted by Crippen LogP contribution is 2.32. The van der Waals surface area contributed by atoms with Gasteiger partial charge in [-0.05, 0) is 26.0 Å². The van der Waals surface area contributed by atoms with E-state index in [1.54, 1.807) is 20.3 Å². The SMILES string of the molecule is COc1cc(OC)cc(-c2nc(C)c(C)nc2Cl)c1. The first-order chi connectivity index (χ1) is 9.05. The van der Waals surface area contributed by atoms with Crippen molar-refractivity contribution in [3.8, 4) is 22.8 Å². The van der Waals surface area contributed by atoms with Crippen LogP contribution in [0.5, 0.6) is 11.5 Å². The van der Waals surface area contributed by atoms with Gasteiger partial charge in [-0.3, -0.25) is 0 Å². The topological polar surface area (TPSA) is 44.2 Å². The molecule has 0 N–H and O–H groups in total. The third-order valence-corrected chi connectivity index (χ3v) is 3.15. The summed E-state index contributed by atoms with van der Waals surface area (Å²) in [6, 6.07) is 5.51. The molecule has 0 atom stereocenters. The Labute approximate surface area is 117 Å². The van der Waals surface area contributed by atoms with E-state index in [0.29, 0.717) is 22.3 Å². The summed E-state index contributed by atoms with van der Waals surface area (Å²) in [6.45, 7) is 3.78. The molecule has 1 aromatic heterocycles. The molecule has 1 heterocycles. The average Bonchev–Trinajstić information content (AvgIpc) is 2.42. The lowest BCUT2D eigenvalue weighted by atomic mass is 10.1. The van der Waals surface area contributed by atoms with Gasteiger partial charge >= 0.3 is 0 Å². The Hall–Kier alpha value is -1.81. The van der Waals surface area contributed by atoms with Crippen LogP contribution in [0.3, 0.4) is 0 Å². The van der Waals surface area contributed by atoms with E-state index in [4.69, 9.17) is 21.1 Å². The van der Waals surface area contributed by atoms with Crippen LogP contribution < -0.4 is 9.47 Å². The summed E-state index contributed by atoms with van der Waals surface area (Å²) in [4.78, 5) is 8.77. The van der Waals surface area contributed by atoms with Crippen LogP contribution in [0.2, 0.25) is 5.15 Å². The van der Waals surface area contributed by atoms with Crippen LogP contribution in [-0.2, 0) is 0 Å². The highest BCUT2D eigenvalue weighted by Gasteiger charge is 2.12. The van der Waals surface area contributed by atoms with Gasteiger partial charge in [-0.15, -0.1) is 0 Å². The molecule has 100 valence electrons. The molecule has 0 aliphatic rings. The zero-order valence-electron chi connectivity index (χ0n) is 11.3. The molecule has 0 amide bonds. The fourth-order valence-corrected chi connectivity index (χ4v) is 1.98. The number of aryl methyl sites for hydroxylation is 2. The van der Waals surface area contributed by atoms with E-state index in [1.807, 2.05) is 26.0 Å². The maximum absolute atomic E-state index is 6.17. The van der Waals surface area contributed by atoms with E-state index >= 15 is 0 Å². The van der Waals surface area contributed by atoms with Crippen LogP contribution in [0, 0.1) is 13.8 Å². The fourth-order valence-electron chi connectivity index (χ4n) is 1.70.